The summed E-state index contributed by atoms with van der Waals surface area (Å²) in [5.41, 5.74) is 8.81. The predicted molar refractivity (Wildman–Crippen MR) is 117 cm³/mol. The Hall–Kier alpha value is -3.79. The molecular formula is C20H25N7O3. The van der Waals surface area contributed by atoms with Crippen molar-refractivity contribution in [3.63, 3.8) is 0 Å². The van der Waals surface area contributed by atoms with Gasteiger partial charge in [0, 0.05) is 18.3 Å². The summed E-state index contributed by atoms with van der Waals surface area (Å²) in [5.74, 6) is 2.08. The minimum absolute atomic E-state index is 0.0607. The molecule has 0 bridgehead atoms. The molecule has 1 heterocycles. The number of benzene rings is 2. The number of hydrogen-bond donors (Lipinski definition) is 5. The SMILES string of the molecule is COc1cc(C)ccc1Nc1nc(NCCO)nc(Nc2ccc(N)cc2OC)n1. The van der Waals surface area contributed by atoms with Gasteiger partial charge < -0.3 is 36.3 Å². The number of nitrogen functional groups attached to an aromatic ring is 1. The maximum Gasteiger partial charge on any atom is 0.233 e. The Bertz CT molecular complexity index is 940. The van der Waals surface area contributed by atoms with E-state index in [0.717, 1.165) is 5.56 Å². The summed E-state index contributed by atoms with van der Waals surface area (Å²) in [5, 5.41) is 18.3. The third-order valence-corrected chi connectivity index (χ3v) is 4.11. The summed E-state index contributed by atoms with van der Waals surface area (Å²) < 4.78 is 10.8. The molecule has 1 aromatic heterocycles. The van der Waals surface area contributed by atoms with Crippen LogP contribution in [0.2, 0.25) is 0 Å². The molecule has 3 aromatic rings. The van der Waals surface area contributed by atoms with Gasteiger partial charge in [0.2, 0.25) is 17.8 Å². The molecule has 10 heteroatoms. The second kappa shape index (κ2) is 9.61. The highest BCUT2D eigenvalue weighted by Crippen LogP contribution is 2.30. The van der Waals surface area contributed by atoms with Crippen LogP contribution >= 0.6 is 0 Å². The monoisotopic (exact) mass is 411 g/mol. The first-order valence-corrected chi connectivity index (χ1v) is 9.25. The molecule has 2 aromatic carbocycles. The first-order chi connectivity index (χ1) is 14.5. The molecule has 0 saturated heterocycles. The molecule has 0 radical (unpaired) electrons. The van der Waals surface area contributed by atoms with Gasteiger partial charge in [-0.1, -0.05) is 6.07 Å². The number of hydrogen-bond acceptors (Lipinski definition) is 10. The minimum atomic E-state index is -0.0607. The quantitative estimate of drug-likeness (QED) is 0.334. The molecule has 0 atom stereocenters. The topological polar surface area (TPSA) is 139 Å². The molecule has 0 aliphatic carbocycles. The highest BCUT2D eigenvalue weighted by Gasteiger charge is 2.12. The first kappa shape index (κ1) is 20.9. The molecule has 6 N–H and O–H groups in total. The Balaban J connectivity index is 1.94. The zero-order valence-corrected chi connectivity index (χ0v) is 17.1. The fourth-order valence-electron chi connectivity index (χ4n) is 2.69. The normalized spacial score (nSPS) is 10.4. The molecule has 30 heavy (non-hydrogen) atoms. The molecule has 158 valence electrons. The predicted octanol–water partition coefficient (Wildman–Crippen LogP) is 2.67. The summed E-state index contributed by atoms with van der Waals surface area (Å²) in [6.45, 7) is 2.21. The molecule has 0 spiro atoms. The number of anilines is 6. The van der Waals surface area contributed by atoms with Crippen molar-refractivity contribution in [2.45, 2.75) is 6.92 Å². The lowest BCUT2D eigenvalue weighted by Gasteiger charge is -2.14. The van der Waals surface area contributed by atoms with Gasteiger partial charge in [-0.05, 0) is 36.8 Å². The van der Waals surface area contributed by atoms with Crippen LogP contribution in [0.25, 0.3) is 0 Å². The van der Waals surface area contributed by atoms with Crippen LogP contribution in [-0.4, -0.2) is 47.4 Å². The molecule has 0 fully saturated rings. The number of nitrogens with zero attached hydrogens (tertiary/aromatic N) is 3. The van der Waals surface area contributed by atoms with Gasteiger partial charge in [-0.3, -0.25) is 0 Å². The number of nitrogens with one attached hydrogen (secondary N) is 3. The highest BCUT2D eigenvalue weighted by molar-refractivity contribution is 5.68. The molecule has 0 aliphatic rings. The van der Waals surface area contributed by atoms with Crippen LogP contribution in [0.5, 0.6) is 11.5 Å². The van der Waals surface area contributed by atoms with Crippen LogP contribution < -0.4 is 31.2 Å². The average Bonchev–Trinajstić information content (AvgIpc) is 2.74. The summed E-state index contributed by atoms with van der Waals surface area (Å²) in [7, 11) is 3.15. The highest BCUT2D eigenvalue weighted by atomic mass is 16.5. The van der Waals surface area contributed by atoms with Gasteiger partial charge in [0.1, 0.15) is 11.5 Å². The molecule has 0 amide bonds. The number of rotatable bonds is 9. The number of nitrogens with two attached hydrogens (primary N) is 1. The lowest BCUT2D eigenvalue weighted by Crippen LogP contribution is -2.12. The van der Waals surface area contributed by atoms with E-state index in [1.54, 1.807) is 32.4 Å². The molecule has 0 unspecified atom stereocenters. The summed E-state index contributed by atoms with van der Waals surface area (Å²) in [4.78, 5) is 13.1. The van der Waals surface area contributed by atoms with Crippen molar-refractivity contribution in [2.75, 3.05) is 49.1 Å². The Morgan fingerprint density at radius 1 is 0.867 bits per heavy atom. The second-order valence-electron chi connectivity index (χ2n) is 6.37. The minimum Gasteiger partial charge on any atom is -0.495 e. The Morgan fingerprint density at radius 2 is 1.43 bits per heavy atom. The number of aliphatic hydroxyl groups is 1. The van der Waals surface area contributed by atoms with Crippen molar-refractivity contribution in [2.24, 2.45) is 0 Å². The van der Waals surface area contributed by atoms with E-state index in [1.165, 1.54) is 0 Å². The van der Waals surface area contributed by atoms with E-state index in [1.807, 2.05) is 25.1 Å². The first-order valence-electron chi connectivity index (χ1n) is 9.25. The standard InChI is InChI=1S/C20H25N7O3/c1-12-4-6-14(16(10-12)29-2)23-19-25-18(22-8-9-28)26-20(27-19)24-15-7-5-13(21)11-17(15)30-3/h4-7,10-11,28H,8-9,21H2,1-3H3,(H3,22,23,24,25,26,27). The van der Waals surface area contributed by atoms with Crippen molar-refractivity contribution in [3.05, 3.63) is 42.0 Å². The summed E-state index contributed by atoms with van der Waals surface area (Å²) in [6, 6.07) is 11.0. The van der Waals surface area contributed by atoms with Crippen LogP contribution in [-0.2, 0) is 0 Å². The molecule has 10 nitrogen and oxygen atoms in total. The van der Waals surface area contributed by atoms with Gasteiger partial charge in [0.05, 0.1) is 32.2 Å². The number of aliphatic hydroxyl groups excluding tert-OH is 1. The maximum atomic E-state index is 9.12. The zero-order valence-electron chi connectivity index (χ0n) is 17.1. The van der Waals surface area contributed by atoms with Crippen molar-refractivity contribution in [1.29, 1.82) is 0 Å². The lowest BCUT2D eigenvalue weighted by molar-refractivity contribution is 0.311. The van der Waals surface area contributed by atoms with E-state index in [0.29, 0.717) is 47.0 Å². The largest absolute Gasteiger partial charge is 0.495 e. The third kappa shape index (κ3) is 5.17. The van der Waals surface area contributed by atoms with Crippen LogP contribution in [0.3, 0.4) is 0 Å². The van der Waals surface area contributed by atoms with E-state index in [4.69, 9.17) is 20.3 Å². The van der Waals surface area contributed by atoms with Gasteiger partial charge in [-0.25, -0.2) is 0 Å². The van der Waals surface area contributed by atoms with E-state index >= 15 is 0 Å². The fourth-order valence-corrected chi connectivity index (χ4v) is 2.69. The van der Waals surface area contributed by atoms with Crippen LogP contribution in [0.15, 0.2) is 36.4 Å². The van der Waals surface area contributed by atoms with Crippen LogP contribution in [0.1, 0.15) is 5.56 Å². The Morgan fingerprint density at radius 3 is 2.03 bits per heavy atom. The molecular weight excluding hydrogens is 386 g/mol. The second-order valence-corrected chi connectivity index (χ2v) is 6.37. The third-order valence-electron chi connectivity index (χ3n) is 4.11. The number of aromatic nitrogens is 3. The molecule has 3 rings (SSSR count). The van der Waals surface area contributed by atoms with Crippen LogP contribution in [0, 0.1) is 6.92 Å². The van der Waals surface area contributed by atoms with Crippen molar-refractivity contribution < 1.29 is 14.6 Å². The van der Waals surface area contributed by atoms with Gasteiger partial charge >= 0.3 is 0 Å². The van der Waals surface area contributed by atoms with Crippen molar-refractivity contribution in [1.82, 2.24) is 15.0 Å². The fraction of sp³-hybridized carbons (Fsp3) is 0.250. The van der Waals surface area contributed by atoms with Crippen LogP contribution in [0.4, 0.5) is 34.9 Å². The number of ether oxygens (including phenoxy) is 2. The van der Waals surface area contributed by atoms with Gasteiger partial charge in [0.25, 0.3) is 0 Å². The van der Waals surface area contributed by atoms with E-state index in [9.17, 15) is 0 Å². The Kier molecular flexibility index (Phi) is 6.71. The van der Waals surface area contributed by atoms with Gasteiger partial charge in [0.15, 0.2) is 0 Å². The summed E-state index contributed by atoms with van der Waals surface area (Å²) >= 11 is 0. The van der Waals surface area contributed by atoms with E-state index in [2.05, 4.69) is 30.9 Å². The maximum absolute atomic E-state index is 9.12. The van der Waals surface area contributed by atoms with E-state index < -0.39 is 0 Å². The smallest absolute Gasteiger partial charge is 0.233 e. The average molecular weight is 411 g/mol. The zero-order chi connectivity index (χ0) is 21.5. The van der Waals surface area contributed by atoms with Gasteiger partial charge in [-0.2, -0.15) is 15.0 Å². The van der Waals surface area contributed by atoms with Gasteiger partial charge in [-0.15, -0.1) is 0 Å². The lowest BCUT2D eigenvalue weighted by atomic mass is 10.2. The Labute approximate surface area is 174 Å². The number of methoxy groups -OCH3 is 2. The molecule has 0 aliphatic heterocycles. The number of aryl methyl sites for hydroxylation is 1. The van der Waals surface area contributed by atoms with Crippen molar-refractivity contribution >= 4 is 34.9 Å². The summed E-state index contributed by atoms with van der Waals surface area (Å²) in [6.07, 6.45) is 0. The van der Waals surface area contributed by atoms with Crippen molar-refractivity contribution in [3.8, 4) is 11.5 Å². The molecule has 0 saturated carbocycles. The van der Waals surface area contributed by atoms with E-state index in [-0.39, 0.29) is 12.6 Å².